The maximum atomic E-state index is 10.3. The van der Waals surface area contributed by atoms with Crippen molar-refractivity contribution in [2.45, 2.75) is 71.0 Å². The highest BCUT2D eigenvalue weighted by atomic mass is 16.3. The molecule has 1 unspecified atom stereocenters. The van der Waals surface area contributed by atoms with Crippen LogP contribution in [0.2, 0.25) is 0 Å². The Hall–Kier alpha value is -0.0800. The largest absolute Gasteiger partial charge is 0.390 e. The summed E-state index contributed by atoms with van der Waals surface area (Å²) in [5, 5.41) is 20.5. The van der Waals surface area contributed by atoms with Gasteiger partial charge < -0.3 is 10.2 Å². The number of rotatable bonds is 4. The van der Waals surface area contributed by atoms with Gasteiger partial charge in [0.1, 0.15) is 0 Å². The average molecular weight is 214 g/mol. The van der Waals surface area contributed by atoms with E-state index in [4.69, 9.17) is 0 Å². The van der Waals surface area contributed by atoms with Gasteiger partial charge in [0.2, 0.25) is 0 Å². The fraction of sp³-hybridized carbons (Fsp3) is 1.00. The summed E-state index contributed by atoms with van der Waals surface area (Å²) in [6, 6.07) is 0. The summed E-state index contributed by atoms with van der Waals surface area (Å²) in [7, 11) is 0. The molecule has 2 heteroatoms. The van der Waals surface area contributed by atoms with E-state index in [9.17, 15) is 10.2 Å². The Balaban J connectivity index is 2.55. The van der Waals surface area contributed by atoms with Gasteiger partial charge in [-0.3, -0.25) is 0 Å². The summed E-state index contributed by atoms with van der Waals surface area (Å²) >= 11 is 0. The molecule has 1 aliphatic carbocycles. The van der Waals surface area contributed by atoms with Gasteiger partial charge in [-0.1, -0.05) is 33.6 Å². The van der Waals surface area contributed by atoms with Crippen molar-refractivity contribution >= 4 is 0 Å². The van der Waals surface area contributed by atoms with Crippen molar-refractivity contribution < 1.29 is 10.2 Å². The average Bonchev–Trinajstić information content (AvgIpc) is 2.28. The van der Waals surface area contributed by atoms with Crippen molar-refractivity contribution in [2.24, 2.45) is 11.8 Å². The molecule has 0 spiro atoms. The van der Waals surface area contributed by atoms with Gasteiger partial charge in [0.15, 0.2) is 0 Å². The number of hydrogen-bond acceptors (Lipinski definition) is 2. The first-order valence-electron chi connectivity index (χ1n) is 6.44. The molecule has 90 valence electrons. The van der Waals surface area contributed by atoms with Crippen LogP contribution >= 0.6 is 0 Å². The van der Waals surface area contributed by atoms with Crippen molar-refractivity contribution in [2.75, 3.05) is 0 Å². The highest BCUT2D eigenvalue weighted by Crippen LogP contribution is 2.35. The Bertz CT molecular complexity index is 179. The lowest BCUT2D eigenvalue weighted by molar-refractivity contribution is -0.112. The molecule has 0 heterocycles. The van der Waals surface area contributed by atoms with E-state index in [1.54, 1.807) is 0 Å². The molecular weight excluding hydrogens is 188 g/mol. The van der Waals surface area contributed by atoms with Gasteiger partial charge in [0.05, 0.1) is 11.7 Å². The third-order valence-corrected chi connectivity index (χ3v) is 4.28. The van der Waals surface area contributed by atoms with E-state index >= 15 is 0 Å². The number of hydrogen-bond donors (Lipinski definition) is 2. The quantitative estimate of drug-likeness (QED) is 0.755. The van der Waals surface area contributed by atoms with E-state index < -0.39 is 11.7 Å². The first kappa shape index (κ1) is 13.0. The molecule has 0 amide bonds. The standard InChI is InChI=1S/C13H26O2/c1-4-13(15,5-2)12(14)11-8-6-10(3)7-9-11/h10-12,14-15H,4-9H2,1-3H3. The highest BCUT2D eigenvalue weighted by Gasteiger charge is 2.38. The predicted molar refractivity (Wildman–Crippen MR) is 62.7 cm³/mol. The Kier molecular flexibility index (Phi) is 4.60. The zero-order valence-electron chi connectivity index (χ0n) is 10.4. The second-order valence-corrected chi connectivity index (χ2v) is 5.28. The zero-order valence-corrected chi connectivity index (χ0v) is 10.4. The normalized spacial score (nSPS) is 30.2. The van der Waals surface area contributed by atoms with Gasteiger partial charge >= 0.3 is 0 Å². The maximum Gasteiger partial charge on any atom is 0.0902 e. The van der Waals surface area contributed by atoms with Crippen LogP contribution in [0, 0.1) is 11.8 Å². The van der Waals surface area contributed by atoms with Crippen LogP contribution in [0.25, 0.3) is 0 Å². The van der Waals surface area contributed by atoms with Crippen LogP contribution in [0.1, 0.15) is 59.3 Å². The molecule has 0 saturated heterocycles. The van der Waals surface area contributed by atoms with Crippen molar-refractivity contribution in [3.63, 3.8) is 0 Å². The molecule has 1 rings (SSSR count). The van der Waals surface area contributed by atoms with Crippen LogP contribution in [0.15, 0.2) is 0 Å². The number of aliphatic hydroxyl groups excluding tert-OH is 1. The van der Waals surface area contributed by atoms with E-state index in [1.807, 2.05) is 13.8 Å². The topological polar surface area (TPSA) is 40.5 Å². The maximum absolute atomic E-state index is 10.3. The summed E-state index contributed by atoms with van der Waals surface area (Å²) in [6.45, 7) is 6.19. The van der Waals surface area contributed by atoms with E-state index in [0.29, 0.717) is 18.8 Å². The third-order valence-electron chi connectivity index (χ3n) is 4.28. The van der Waals surface area contributed by atoms with Crippen molar-refractivity contribution in [3.05, 3.63) is 0 Å². The molecule has 0 bridgehead atoms. The first-order valence-corrected chi connectivity index (χ1v) is 6.44. The first-order chi connectivity index (χ1) is 7.03. The minimum absolute atomic E-state index is 0.311. The molecule has 2 nitrogen and oxygen atoms in total. The summed E-state index contributed by atoms with van der Waals surface area (Å²) in [4.78, 5) is 0. The molecular formula is C13H26O2. The zero-order chi connectivity index (χ0) is 11.5. The van der Waals surface area contributed by atoms with Gasteiger partial charge in [0.25, 0.3) is 0 Å². The van der Waals surface area contributed by atoms with E-state index in [-0.39, 0.29) is 0 Å². The lowest BCUT2D eigenvalue weighted by atomic mass is 9.74. The minimum atomic E-state index is -0.856. The minimum Gasteiger partial charge on any atom is -0.390 e. The van der Waals surface area contributed by atoms with Crippen molar-refractivity contribution in [3.8, 4) is 0 Å². The Morgan fingerprint density at radius 3 is 2.00 bits per heavy atom. The van der Waals surface area contributed by atoms with Crippen LogP contribution < -0.4 is 0 Å². The molecule has 15 heavy (non-hydrogen) atoms. The molecule has 1 aliphatic rings. The SMILES string of the molecule is CCC(O)(CC)C(O)C1CCC(C)CC1. The summed E-state index contributed by atoms with van der Waals surface area (Å²) in [5.41, 5.74) is -0.856. The molecule has 1 fully saturated rings. The lowest BCUT2D eigenvalue weighted by Crippen LogP contribution is -2.46. The van der Waals surface area contributed by atoms with Gasteiger partial charge in [-0.25, -0.2) is 0 Å². The molecule has 0 aromatic carbocycles. The van der Waals surface area contributed by atoms with Gasteiger partial charge in [-0.2, -0.15) is 0 Å². The summed E-state index contributed by atoms with van der Waals surface area (Å²) < 4.78 is 0. The molecule has 1 atom stereocenters. The lowest BCUT2D eigenvalue weighted by Gasteiger charge is -2.39. The smallest absolute Gasteiger partial charge is 0.0902 e. The van der Waals surface area contributed by atoms with Crippen molar-refractivity contribution in [1.82, 2.24) is 0 Å². The second kappa shape index (κ2) is 5.31. The fourth-order valence-corrected chi connectivity index (χ4v) is 2.71. The van der Waals surface area contributed by atoms with Crippen LogP contribution in [-0.2, 0) is 0 Å². The predicted octanol–water partition coefficient (Wildman–Crippen LogP) is 2.72. The van der Waals surface area contributed by atoms with E-state index in [0.717, 1.165) is 18.8 Å². The number of aliphatic hydroxyl groups is 2. The van der Waals surface area contributed by atoms with Crippen LogP contribution in [0.4, 0.5) is 0 Å². The fourth-order valence-electron chi connectivity index (χ4n) is 2.71. The molecule has 1 saturated carbocycles. The molecule has 0 radical (unpaired) electrons. The molecule has 0 aliphatic heterocycles. The molecule has 0 aromatic heterocycles. The molecule has 0 aromatic rings. The van der Waals surface area contributed by atoms with E-state index in [1.165, 1.54) is 12.8 Å². The van der Waals surface area contributed by atoms with Crippen LogP contribution in [0.3, 0.4) is 0 Å². The van der Waals surface area contributed by atoms with Gasteiger partial charge in [-0.05, 0) is 37.5 Å². The van der Waals surface area contributed by atoms with Crippen LogP contribution in [0.5, 0.6) is 0 Å². The summed E-state index contributed by atoms with van der Waals surface area (Å²) in [5.74, 6) is 1.11. The summed E-state index contributed by atoms with van der Waals surface area (Å²) in [6.07, 6.45) is 5.32. The third kappa shape index (κ3) is 2.94. The van der Waals surface area contributed by atoms with Crippen molar-refractivity contribution in [1.29, 1.82) is 0 Å². The Morgan fingerprint density at radius 2 is 1.60 bits per heavy atom. The van der Waals surface area contributed by atoms with Gasteiger partial charge in [-0.15, -0.1) is 0 Å². The Labute approximate surface area is 93.7 Å². The highest BCUT2D eigenvalue weighted by molar-refractivity contribution is 4.90. The monoisotopic (exact) mass is 214 g/mol. The van der Waals surface area contributed by atoms with Crippen LogP contribution in [-0.4, -0.2) is 21.9 Å². The van der Waals surface area contributed by atoms with Gasteiger partial charge in [0, 0.05) is 0 Å². The van der Waals surface area contributed by atoms with E-state index in [2.05, 4.69) is 6.92 Å². The molecule has 2 N–H and O–H groups in total. The Morgan fingerprint density at radius 1 is 1.13 bits per heavy atom. The second-order valence-electron chi connectivity index (χ2n) is 5.28.